The van der Waals surface area contributed by atoms with Gasteiger partial charge >= 0.3 is 12.0 Å². The lowest BCUT2D eigenvalue weighted by Crippen LogP contribution is -2.43. The topological polar surface area (TPSA) is 96.9 Å². The van der Waals surface area contributed by atoms with Gasteiger partial charge in [-0.2, -0.15) is 0 Å². The first-order valence-electron chi connectivity index (χ1n) is 10.4. The highest BCUT2D eigenvalue weighted by Crippen LogP contribution is 2.16. The molecular weight excluding hydrogens is 396 g/mol. The second-order valence-corrected chi connectivity index (χ2v) is 8.26. The summed E-state index contributed by atoms with van der Waals surface area (Å²) in [5.74, 6) is -0.249. The molecule has 0 saturated carbocycles. The van der Waals surface area contributed by atoms with E-state index in [-0.39, 0.29) is 11.6 Å². The molecule has 0 saturated heterocycles. The number of carbonyl (C=O) groups excluding carboxylic acids is 1. The summed E-state index contributed by atoms with van der Waals surface area (Å²) >= 11 is 0. The number of nitrogens with one attached hydrogen (secondary N) is 2. The van der Waals surface area contributed by atoms with Crippen molar-refractivity contribution in [3.05, 3.63) is 59.7 Å². The van der Waals surface area contributed by atoms with Crippen LogP contribution in [0.5, 0.6) is 5.75 Å². The van der Waals surface area contributed by atoms with Gasteiger partial charge in [-0.15, -0.1) is 0 Å². The molecule has 0 spiro atoms. The molecule has 0 bridgehead atoms. The molecular formula is C24H32N2O5. The first-order valence-corrected chi connectivity index (χ1v) is 10.4. The molecule has 2 rings (SSSR count). The molecule has 31 heavy (non-hydrogen) atoms. The van der Waals surface area contributed by atoms with Crippen LogP contribution < -0.4 is 15.4 Å². The number of anilines is 1. The smallest absolute Gasteiger partial charge is 0.333 e. The minimum absolute atomic E-state index is 0.240. The predicted molar refractivity (Wildman–Crippen MR) is 121 cm³/mol. The summed E-state index contributed by atoms with van der Waals surface area (Å²) < 4.78 is 11.1. The number of carbonyl (C=O) groups is 2. The van der Waals surface area contributed by atoms with Crippen LogP contribution in [0.25, 0.3) is 0 Å². The molecule has 0 fully saturated rings. The Morgan fingerprint density at radius 1 is 1.06 bits per heavy atom. The molecule has 7 heteroatoms. The van der Waals surface area contributed by atoms with Crippen molar-refractivity contribution in [2.24, 2.45) is 0 Å². The molecule has 1 unspecified atom stereocenters. The lowest BCUT2D eigenvalue weighted by atomic mass is 10.1. The number of ether oxygens (including phenoxy) is 2. The molecule has 1 atom stereocenters. The van der Waals surface area contributed by atoms with Crippen molar-refractivity contribution in [1.29, 1.82) is 0 Å². The molecule has 2 aromatic carbocycles. The molecule has 2 aromatic rings. The van der Waals surface area contributed by atoms with Gasteiger partial charge in [0.1, 0.15) is 5.75 Å². The van der Waals surface area contributed by atoms with Gasteiger partial charge in [-0.05, 0) is 63.1 Å². The number of hydrogen-bond acceptors (Lipinski definition) is 4. The van der Waals surface area contributed by atoms with Crippen molar-refractivity contribution < 1.29 is 24.2 Å². The molecule has 0 heterocycles. The number of carboxylic acid groups (broad SMARTS) is 1. The van der Waals surface area contributed by atoms with Gasteiger partial charge in [-0.25, -0.2) is 9.59 Å². The van der Waals surface area contributed by atoms with E-state index in [1.165, 1.54) is 0 Å². The number of carboxylic acids is 1. The third kappa shape index (κ3) is 9.09. The van der Waals surface area contributed by atoms with Gasteiger partial charge in [0.05, 0.1) is 6.61 Å². The Kier molecular flexibility index (Phi) is 8.88. The van der Waals surface area contributed by atoms with E-state index in [2.05, 4.69) is 10.6 Å². The van der Waals surface area contributed by atoms with E-state index >= 15 is 0 Å². The summed E-state index contributed by atoms with van der Waals surface area (Å²) in [6, 6.07) is 14.8. The maximum Gasteiger partial charge on any atom is 0.333 e. The van der Waals surface area contributed by atoms with Crippen molar-refractivity contribution in [3.63, 3.8) is 0 Å². The van der Waals surface area contributed by atoms with Crippen LogP contribution in [0.1, 0.15) is 38.8 Å². The van der Waals surface area contributed by atoms with Crippen LogP contribution in [0.15, 0.2) is 48.5 Å². The lowest BCUT2D eigenvalue weighted by Gasteiger charge is -2.20. The largest absolute Gasteiger partial charge is 0.493 e. The number of hydrogen-bond donors (Lipinski definition) is 3. The third-order valence-electron chi connectivity index (χ3n) is 4.32. The maximum atomic E-state index is 12.0. The Hall–Kier alpha value is -3.06. The Morgan fingerprint density at radius 3 is 2.39 bits per heavy atom. The summed E-state index contributed by atoms with van der Waals surface area (Å²) in [6.45, 7) is 8.39. The first-order chi connectivity index (χ1) is 14.7. The summed E-state index contributed by atoms with van der Waals surface area (Å²) in [4.78, 5) is 23.2. The number of amides is 2. The van der Waals surface area contributed by atoms with E-state index in [4.69, 9.17) is 9.47 Å². The summed E-state index contributed by atoms with van der Waals surface area (Å²) in [7, 11) is 0. The predicted octanol–water partition coefficient (Wildman–Crippen LogP) is 4.26. The normalized spacial score (nSPS) is 12.1. The maximum absolute atomic E-state index is 12.0. The molecule has 2 amide bonds. The van der Waals surface area contributed by atoms with Gasteiger partial charge in [0, 0.05) is 30.7 Å². The first kappa shape index (κ1) is 24.2. The van der Waals surface area contributed by atoms with Gasteiger partial charge in [0.25, 0.3) is 0 Å². The molecule has 0 aliphatic rings. The average molecular weight is 429 g/mol. The third-order valence-corrected chi connectivity index (χ3v) is 4.32. The van der Waals surface area contributed by atoms with Crippen LogP contribution in [0.2, 0.25) is 0 Å². The lowest BCUT2D eigenvalue weighted by molar-refractivity contribution is -0.149. The van der Waals surface area contributed by atoms with Crippen LogP contribution in [0.3, 0.4) is 0 Å². The minimum Gasteiger partial charge on any atom is -0.493 e. The fourth-order valence-corrected chi connectivity index (χ4v) is 2.95. The van der Waals surface area contributed by atoms with Gasteiger partial charge in [-0.1, -0.05) is 24.3 Å². The Bertz CT molecular complexity index is 859. The van der Waals surface area contributed by atoms with Gasteiger partial charge < -0.3 is 25.2 Å². The molecule has 0 aliphatic carbocycles. The SMILES string of the molecule is CCOC(Cc1ccc(OCCc2cccc(NC(=O)NC(C)(C)C)c2)cc1)C(=O)O. The van der Waals surface area contributed by atoms with E-state index in [1.54, 1.807) is 6.92 Å². The van der Waals surface area contributed by atoms with Gasteiger partial charge in [0.15, 0.2) is 6.10 Å². The van der Waals surface area contributed by atoms with Crippen LogP contribution in [-0.2, 0) is 22.4 Å². The number of rotatable bonds is 10. The molecule has 168 valence electrons. The van der Waals surface area contributed by atoms with Crippen LogP contribution in [-0.4, -0.2) is 42.0 Å². The highest BCUT2D eigenvalue weighted by atomic mass is 16.5. The fourth-order valence-electron chi connectivity index (χ4n) is 2.95. The number of benzene rings is 2. The Balaban J connectivity index is 1.84. The number of aliphatic carboxylic acids is 1. The molecule has 0 aliphatic heterocycles. The zero-order chi connectivity index (χ0) is 22.9. The van der Waals surface area contributed by atoms with E-state index in [9.17, 15) is 14.7 Å². The van der Waals surface area contributed by atoms with E-state index in [1.807, 2.05) is 69.3 Å². The van der Waals surface area contributed by atoms with Crippen molar-refractivity contribution in [3.8, 4) is 5.75 Å². The Labute approximate surface area is 183 Å². The van der Waals surface area contributed by atoms with E-state index in [0.29, 0.717) is 31.8 Å². The van der Waals surface area contributed by atoms with Crippen LogP contribution in [0.4, 0.5) is 10.5 Å². The highest BCUT2D eigenvalue weighted by molar-refractivity contribution is 5.89. The molecule has 7 nitrogen and oxygen atoms in total. The monoisotopic (exact) mass is 428 g/mol. The zero-order valence-corrected chi connectivity index (χ0v) is 18.6. The minimum atomic E-state index is -0.963. The quantitative estimate of drug-likeness (QED) is 0.525. The zero-order valence-electron chi connectivity index (χ0n) is 18.6. The molecule has 3 N–H and O–H groups in total. The van der Waals surface area contributed by atoms with E-state index < -0.39 is 12.1 Å². The molecule has 0 aromatic heterocycles. The molecule has 0 radical (unpaired) electrons. The van der Waals surface area contributed by atoms with Crippen LogP contribution in [0, 0.1) is 0 Å². The second-order valence-electron chi connectivity index (χ2n) is 8.26. The van der Waals surface area contributed by atoms with Gasteiger partial charge in [-0.3, -0.25) is 0 Å². The van der Waals surface area contributed by atoms with Crippen molar-refractivity contribution >= 4 is 17.7 Å². The standard InChI is InChI=1S/C24H32N2O5/c1-5-30-21(22(27)28)16-18-9-11-20(12-10-18)31-14-13-17-7-6-8-19(15-17)25-23(29)26-24(2,3)4/h6-12,15,21H,5,13-14,16H2,1-4H3,(H,27,28)(H2,25,26,29). The summed E-state index contributed by atoms with van der Waals surface area (Å²) in [5, 5.41) is 14.9. The number of urea groups is 1. The fraction of sp³-hybridized carbons (Fsp3) is 0.417. The van der Waals surface area contributed by atoms with Gasteiger partial charge in [0.2, 0.25) is 0 Å². The highest BCUT2D eigenvalue weighted by Gasteiger charge is 2.18. The van der Waals surface area contributed by atoms with E-state index in [0.717, 1.165) is 16.8 Å². The summed E-state index contributed by atoms with van der Waals surface area (Å²) in [5.41, 5.74) is 2.35. The second kappa shape index (κ2) is 11.4. The van der Waals surface area contributed by atoms with Crippen LogP contribution >= 0.6 is 0 Å². The Morgan fingerprint density at radius 2 is 1.77 bits per heavy atom. The average Bonchev–Trinajstić information content (AvgIpc) is 2.67. The summed E-state index contributed by atoms with van der Waals surface area (Å²) in [6.07, 6.45) is 0.151. The van der Waals surface area contributed by atoms with Crippen molar-refractivity contribution in [2.45, 2.75) is 52.2 Å². The van der Waals surface area contributed by atoms with Crippen molar-refractivity contribution in [2.75, 3.05) is 18.5 Å². The van der Waals surface area contributed by atoms with Crippen molar-refractivity contribution in [1.82, 2.24) is 5.32 Å².